The van der Waals surface area contributed by atoms with Crippen LogP contribution in [0.3, 0.4) is 0 Å². The highest BCUT2D eigenvalue weighted by atomic mass is 32.1. The molecular weight excluding hydrogens is 715 g/mol. The molecule has 8 aromatic carbocycles. The van der Waals surface area contributed by atoms with Crippen LogP contribution in [0, 0.1) is 0 Å². The molecule has 0 N–H and O–H groups in total. The zero-order chi connectivity index (χ0) is 35.1. The third kappa shape index (κ3) is 3.79. The molecule has 0 saturated heterocycles. The van der Waals surface area contributed by atoms with E-state index in [0.717, 1.165) is 27.0 Å². The lowest BCUT2D eigenvalue weighted by Gasteiger charge is -2.12. The molecule has 0 spiro atoms. The molecule has 0 aliphatic rings. The number of hydrogen-bond acceptors (Lipinski definition) is 5. The lowest BCUT2D eigenvalue weighted by molar-refractivity contribution is 1.02. The van der Waals surface area contributed by atoms with E-state index in [1.54, 1.807) is 11.3 Å². The van der Waals surface area contributed by atoms with E-state index in [4.69, 9.17) is 9.97 Å². The smallest absolute Gasteiger partial charge is 0.235 e. The summed E-state index contributed by atoms with van der Waals surface area (Å²) in [6.45, 7) is 0. The van der Waals surface area contributed by atoms with Crippen LogP contribution in [0.1, 0.15) is 0 Å². The highest BCUT2D eigenvalue weighted by molar-refractivity contribution is 7.28. The van der Waals surface area contributed by atoms with Gasteiger partial charge in [-0.2, -0.15) is 0 Å². The van der Waals surface area contributed by atoms with Gasteiger partial charge in [-0.1, -0.05) is 127 Å². The Kier molecular flexibility index (Phi) is 5.81. The van der Waals surface area contributed by atoms with Crippen LogP contribution in [0.2, 0.25) is 0 Å². The zero-order valence-corrected chi connectivity index (χ0v) is 30.9. The molecule has 250 valence electrons. The van der Waals surface area contributed by atoms with Crippen molar-refractivity contribution in [1.82, 2.24) is 14.5 Å². The average molecular weight is 740 g/mol. The van der Waals surface area contributed by atoms with Crippen molar-refractivity contribution in [3.05, 3.63) is 152 Å². The quantitative estimate of drug-likeness (QED) is 0.177. The van der Waals surface area contributed by atoms with Gasteiger partial charge in [0, 0.05) is 62.1 Å². The summed E-state index contributed by atoms with van der Waals surface area (Å²) in [4.78, 5) is 11.4. The van der Waals surface area contributed by atoms with E-state index in [1.807, 2.05) is 22.7 Å². The Morgan fingerprint density at radius 3 is 1.87 bits per heavy atom. The van der Waals surface area contributed by atoms with E-state index in [1.165, 1.54) is 88.3 Å². The van der Waals surface area contributed by atoms with Gasteiger partial charge >= 0.3 is 0 Å². The standard InChI is InChI=1S/C48H25N3S3/c1-2-13-27-26(12-1)24-25-38-41(27)43-47(54-38)42(34-20-11-19-31-28-14-6-9-22-36(28)52-45(31)34)49-48(50-43)51-35-21-8-5-17-32(35)39-29-15-3-4-16-30(29)40-33-18-7-10-23-37(33)53-46(40)44(39)51/h1-25H. The van der Waals surface area contributed by atoms with Gasteiger partial charge in [0.05, 0.1) is 31.6 Å². The number of nitrogens with zero attached hydrogens (tertiary/aromatic N) is 3. The molecule has 5 heterocycles. The molecule has 0 aliphatic carbocycles. The van der Waals surface area contributed by atoms with E-state index >= 15 is 0 Å². The van der Waals surface area contributed by atoms with E-state index in [2.05, 4.69) is 156 Å². The normalized spacial score (nSPS) is 12.4. The van der Waals surface area contributed by atoms with E-state index in [9.17, 15) is 0 Å². The molecule has 6 heteroatoms. The molecule has 3 nitrogen and oxygen atoms in total. The van der Waals surface area contributed by atoms with Crippen LogP contribution in [0.25, 0.3) is 121 Å². The van der Waals surface area contributed by atoms with E-state index < -0.39 is 0 Å². The van der Waals surface area contributed by atoms with Gasteiger partial charge in [0.15, 0.2) is 0 Å². The first-order valence-electron chi connectivity index (χ1n) is 18.1. The van der Waals surface area contributed by atoms with Crippen molar-refractivity contribution in [2.45, 2.75) is 0 Å². The maximum absolute atomic E-state index is 5.72. The lowest BCUT2D eigenvalue weighted by atomic mass is 9.99. The second kappa shape index (κ2) is 10.7. The number of benzene rings is 8. The lowest BCUT2D eigenvalue weighted by Crippen LogP contribution is -2.03. The number of aromatic nitrogens is 3. The maximum atomic E-state index is 5.72. The Balaban J connectivity index is 1.26. The van der Waals surface area contributed by atoms with Gasteiger partial charge < -0.3 is 0 Å². The number of fused-ring (bicyclic) bond motifs is 18. The number of hydrogen-bond donors (Lipinski definition) is 0. The van der Waals surface area contributed by atoms with Gasteiger partial charge in [-0.25, -0.2) is 9.97 Å². The van der Waals surface area contributed by atoms with Crippen LogP contribution in [0.15, 0.2) is 152 Å². The van der Waals surface area contributed by atoms with Crippen molar-refractivity contribution in [1.29, 1.82) is 0 Å². The Bertz CT molecular complexity index is 3750. The minimum Gasteiger partial charge on any atom is -0.276 e. The Hall–Kier alpha value is -6.18. The first-order chi connectivity index (χ1) is 26.8. The fraction of sp³-hybridized carbons (Fsp3) is 0. The van der Waals surface area contributed by atoms with E-state index in [0.29, 0.717) is 5.95 Å². The molecule has 54 heavy (non-hydrogen) atoms. The van der Waals surface area contributed by atoms with Crippen LogP contribution in [-0.2, 0) is 0 Å². The summed E-state index contributed by atoms with van der Waals surface area (Å²) >= 11 is 5.53. The maximum Gasteiger partial charge on any atom is 0.235 e. The first-order valence-corrected chi connectivity index (χ1v) is 20.5. The minimum atomic E-state index is 0.698. The van der Waals surface area contributed by atoms with Gasteiger partial charge in [0.25, 0.3) is 0 Å². The molecule has 0 saturated carbocycles. The molecular formula is C48H25N3S3. The average Bonchev–Trinajstić information content (AvgIpc) is 3.99. The largest absolute Gasteiger partial charge is 0.276 e. The third-order valence-corrected chi connectivity index (χ3v) is 14.8. The Morgan fingerprint density at radius 1 is 0.389 bits per heavy atom. The topological polar surface area (TPSA) is 30.7 Å². The molecule has 0 fully saturated rings. The second-order valence-electron chi connectivity index (χ2n) is 14.0. The SMILES string of the molecule is c1ccc2c(c1)ccc1sc3c(-c4cccc5c4sc4ccccc45)nc(-n4c5ccccc5c5c6ccccc6c6c7ccccc7sc6c54)nc3c12. The van der Waals surface area contributed by atoms with Crippen molar-refractivity contribution >= 4 is 138 Å². The number of rotatable bonds is 2. The molecule has 0 aliphatic heterocycles. The van der Waals surface area contributed by atoms with Gasteiger partial charge in [0.2, 0.25) is 5.95 Å². The van der Waals surface area contributed by atoms with Crippen molar-refractivity contribution < 1.29 is 0 Å². The minimum absolute atomic E-state index is 0.698. The van der Waals surface area contributed by atoms with Crippen LogP contribution >= 0.6 is 34.0 Å². The highest BCUT2D eigenvalue weighted by Gasteiger charge is 2.26. The summed E-state index contributed by atoms with van der Waals surface area (Å²) in [5.41, 5.74) is 5.41. The third-order valence-electron chi connectivity index (χ3n) is 11.2. The summed E-state index contributed by atoms with van der Waals surface area (Å²) in [5, 5.41) is 13.8. The van der Waals surface area contributed by atoms with Gasteiger partial charge in [-0.3, -0.25) is 4.57 Å². The number of thiophene rings is 3. The second-order valence-corrected chi connectivity index (χ2v) is 17.2. The summed E-state index contributed by atoms with van der Waals surface area (Å²) in [7, 11) is 0. The van der Waals surface area contributed by atoms with Crippen molar-refractivity contribution in [3.63, 3.8) is 0 Å². The van der Waals surface area contributed by atoms with Crippen LogP contribution in [0.5, 0.6) is 0 Å². The van der Waals surface area contributed by atoms with Crippen LogP contribution in [-0.4, -0.2) is 14.5 Å². The monoisotopic (exact) mass is 739 g/mol. The van der Waals surface area contributed by atoms with Crippen LogP contribution < -0.4 is 0 Å². The van der Waals surface area contributed by atoms with Gasteiger partial charge in [-0.15, -0.1) is 34.0 Å². The van der Waals surface area contributed by atoms with Gasteiger partial charge in [-0.05, 0) is 45.8 Å². The molecule has 0 bridgehead atoms. The fourth-order valence-corrected chi connectivity index (χ4v) is 12.6. The molecule has 5 aromatic heterocycles. The van der Waals surface area contributed by atoms with Crippen molar-refractivity contribution in [2.24, 2.45) is 0 Å². The predicted molar refractivity (Wildman–Crippen MR) is 235 cm³/mol. The van der Waals surface area contributed by atoms with E-state index in [-0.39, 0.29) is 0 Å². The zero-order valence-electron chi connectivity index (χ0n) is 28.5. The van der Waals surface area contributed by atoms with Crippen molar-refractivity contribution in [3.8, 4) is 17.2 Å². The number of para-hydroxylation sites is 1. The molecule has 0 atom stereocenters. The predicted octanol–water partition coefficient (Wildman–Crippen LogP) is 14.7. The van der Waals surface area contributed by atoms with Crippen molar-refractivity contribution in [2.75, 3.05) is 0 Å². The van der Waals surface area contributed by atoms with Crippen LogP contribution in [0.4, 0.5) is 0 Å². The Labute approximate surface area is 319 Å². The summed E-state index contributed by atoms with van der Waals surface area (Å²) in [5.74, 6) is 0.698. The first kappa shape index (κ1) is 29.3. The fourth-order valence-electron chi connectivity index (χ4n) is 8.95. The molecule has 0 amide bonds. The highest BCUT2D eigenvalue weighted by Crippen LogP contribution is 2.49. The molecule has 13 rings (SSSR count). The summed E-state index contributed by atoms with van der Waals surface area (Å²) in [6.07, 6.45) is 0. The molecule has 13 aromatic rings. The summed E-state index contributed by atoms with van der Waals surface area (Å²) < 4.78 is 9.80. The molecule has 0 radical (unpaired) electrons. The summed E-state index contributed by atoms with van der Waals surface area (Å²) in [6, 6.07) is 55.2. The molecule has 0 unspecified atom stereocenters. The van der Waals surface area contributed by atoms with Gasteiger partial charge in [0.1, 0.15) is 0 Å². The Morgan fingerprint density at radius 2 is 1.02 bits per heavy atom.